The van der Waals surface area contributed by atoms with Gasteiger partial charge in [0.15, 0.2) is 0 Å². The topological polar surface area (TPSA) is 37.4 Å². The summed E-state index contributed by atoms with van der Waals surface area (Å²) in [4.78, 5) is 0.319. The van der Waals surface area contributed by atoms with E-state index in [2.05, 4.69) is 22.9 Å². The molecule has 6 heteroatoms. The van der Waals surface area contributed by atoms with Crippen molar-refractivity contribution in [2.45, 2.75) is 30.5 Å². The number of hydrogen-bond acceptors (Lipinski definition) is 2. The third-order valence-electron chi connectivity index (χ3n) is 3.39. The standard InChI is InChI=1S/C13H17BrClNO2S/c1-10-3-2-6-16(9-10)19(17,18)13-7-11(8-15)4-5-12(13)14/h4-5,7,10H,2-3,6,8-9H2,1H3. The Bertz CT molecular complexity index is 562. The van der Waals surface area contributed by atoms with Crippen molar-refractivity contribution in [3.8, 4) is 0 Å². The maximum absolute atomic E-state index is 12.7. The minimum absolute atomic E-state index is 0.312. The van der Waals surface area contributed by atoms with Gasteiger partial charge in [-0.25, -0.2) is 8.42 Å². The van der Waals surface area contributed by atoms with Gasteiger partial charge in [-0.3, -0.25) is 0 Å². The molecule has 106 valence electrons. The molecule has 1 heterocycles. The summed E-state index contributed by atoms with van der Waals surface area (Å²) in [5.74, 6) is 0.727. The Labute approximate surface area is 128 Å². The molecule has 3 nitrogen and oxygen atoms in total. The van der Waals surface area contributed by atoms with Gasteiger partial charge in [0.25, 0.3) is 0 Å². The van der Waals surface area contributed by atoms with Gasteiger partial charge in [-0.1, -0.05) is 13.0 Å². The van der Waals surface area contributed by atoms with Crippen LogP contribution in [0.15, 0.2) is 27.6 Å². The maximum Gasteiger partial charge on any atom is 0.244 e. The molecule has 1 atom stereocenters. The number of nitrogens with zero attached hydrogens (tertiary/aromatic N) is 1. The lowest BCUT2D eigenvalue weighted by Crippen LogP contribution is -2.39. The Morgan fingerprint density at radius 3 is 2.84 bits per heavy atom. The Morgan fingerprint density at radius 1 is 1.47 bits per heavy atom. The summed E-state index contributed by atoms with van der Waals surface area (Å²) in [5.41, 5.74) is 0.813. The monoisotopic (exact) mass is 365 g/mol. The molecule has 1 unspecified atom stereocenters. The first-order valence-electron chi connectivity index (χ1n) is 6.29. The zero-order valence-corrected chi connectivity index (χ0v) is 13.9. The summed E-state index contributed by atoms with van der Waals surface area (Å²) in [6.07, 6.45) is 2.02. The predicted octanol–water partition coefficient (Wildman–Crippen LogP) is 3.61. The van der Waals surface area contributed by atoms with Gasteiger partial charge in [0.05, 0.1) is 4.90 Å². The molecule has 0 aromatic heterocycles. The molecular formula is C13H17BrClNO2S. The third kappa shape index (κ3) is 3.32. The molecular weight excluding hydrogens is 350 g/mol. The average molecular weight is 367 g/mol. The quantitative estimate of drug-likeness (QED) is 0.766. The molecule has 1 saturated heterocycles. The molecule has 1 aromatic rings. The minimum atomic E-state index is -3.43. The fourth-order valence-corrected chi connectivity index (χ4v) is 5.07. The van der Waals surface area contributed by atoms with Crippen LogP contribution < -0.4 is 0 Å². The minimum Gasteiger partial charge on any atom is -0.207 e. The highest BCUT2D eigenvalue weighted by Crippen LogP contribution is 2.29. The number of piperidine rings is 1. The molecule has 0 amide bonds. The molecule has 1 aliphatic heterocycles. The van der Waals surface area contributed by atoms with Gasteiger partial charge in [-0.15, -0.1) is 11.6 Å². The van der Waals surface area contributed by atoms with Gasteiger partial charge in [0.1, 0.15) is 0 Å². The zero-order chi connectivity index (χ0) is 14.0. The molecule has 0 radical (unpaired) electrons. The van der Waals surface area contributed by atoms with Crippen molar-refractivity contribution in [3.63, 3.8) is 0 Å². The van der Waals surface area contributed by atoms with E-state index in [1.165, 1.54) is 0 Å². The maximum atomic E-state index is 12.7. The summed E-state index contributed by atoms with van der Waals surface area (Å²) in [6, 6.07) is 5.23. The molecule has 1 aliphatic rings. The van der Waals surface area contributed by atoms with Crippen molar-refractivity contribution in [3.05, 3.63) is 28.2 Å². The molecule has 0 saturated carbocycles. The van der Waals surface area contributed by atoms with E-state index >= 15 is 0 Å². The van der Waals surface area contributed by atoms with Crippen LogP contribution in [-0.2, 0) is 15.9 Å². The lowest BCUT2D eigenvalue weighted by molar-refractivity contribution is 0.281. The van der Waals surface area contributed by atoms with Gasteiger partial charge in [-0.2, -0.15) is 4.31 Å². The van der Waals surface area contributed by atoms with Crippen molar-refractivity contribution in [1.29, 1.82) is 0 Å². The number of benzene rings is 1. The van der Waals surface area contributed by atoms with E-state index in [4.69, 9.17) is 11.6 Å². The molecule has 2 rings (SSSR count). The fraction of sp³-hybridized carbons (Fsp3) is 0.538. The lowest BCUT2D eigenvalue weighted by Gasteiger charge is -2.30. The molecule has 0 aliphatic carbocycles. The highest BCUT2D eigenvalue weighted by Gasteiger charge is 2.30. The number of hydrogen-bond donors (Lipinski definition) is 0. The van der Waals surface area contributed by atoms with Gasteiger partial charge in [0.2, 0.25) is 10.0 Å². The van der Waals surface area contributed by atoms with Crippen LogP contribution in [0.2, 0.25) is 0 Å². The van der Waals surface area contributed by atoms with Crippen molar-refractivity contribution >= 4 is 37.6 Å². The number of rotatable bonds is 3. The number of sulfonamides is 1. The zero-order valence-electron chi connectivity index (χ0n) is 10.8. The Balaban J connectivity index is 2.38. The summed E-state index contributed by atoms with van der Waals surface area (Å²) >= 11 is 9.11. The van der Waals surface area contributed by atoms with Crippen molar-refractivity contribution in [2.75, 3.05) is 13.1 Å². The van der Waals surface area contributed by atoms with Crippen LogP contribution >= 0.6 is 27.5 Å². The van der Waals surface area contributed by atoms with E-state index in [1.54, 1.807) is 16.4 Å². The molecule has 0 N–H and O–H groups in total. The van der Waals surface area contributed by atoms with E-state index in [-0.39, 0.29) is 0 Å². The smallest absolute Gasteiger partial charge is 0.207 e. The molecule has 1 aromatic carbocycles. The third-order valence-corrected chi connectivity index (χ3v) is 6.56. The van der Waals surface area contributed by atoms with E-state index in [1.807, 2.05) is 6.07 Å². The Kier molecular flexibility index (Phi) is 4.93. The van der Waals surface area contributed by atoms with E-state index in [0.717, 1.165) is 18.4 Å². The van der Waals surface area contributed by atoms with Gasteiger partial charge in [0, 0.05) is 23.4 Å². The van der Waals surface area contributed by atoms with Crippen molar-refractivity contribution < 1.29 is 8.42 Å². The van der Waals surface area contributed by atoms with Crippen molar-refractivity contribution in [2.24, 2.45) is 5.92 Å². The second-order valence-electron chi connectivity index (χ2n) is 5.01. The highest BCUT2D eigenvalue weighted by molar-refractivity contribution is 9.10. The van der Waals surface area contributed by atoms with Gasteiger partial charge >= 0.3 is 0 Å². The second-order valence-corrected chi connectivity index (χ2v) is 8.04. The van der Waals surface area contributed by atoms with Crippen molar-refractivity contribution in [1.82, 2.24) is 4.31 Å². The molecule has 19 heavy (non-hydrogen) atoms. The largest absolute Gasteiger partial charge is 0.244 e. The summed E-state index contributed by atoms with van der Waals surface area (Å²) in [5, 5.41) is 0. The van der Waals surface area contributed by atoms with E-state index < -0.39 is 10.0 Å². The van der Waals surface area contributed by atoms with E-state index in [0.29, 0.717) is 34.3 Å². The highest BCUT2D eigenvalue weighted by atomic mass is 79.9. The fourth-order valence-electron chi connectivity index (χ4n) is 2.33. The lowest BCUT2D eigenvalue weighted by atomic mass is 10.0. The normalized spacial score (nSPS) is 21.5. The summed E-state index contributed by atoms with van der Waals surface area (Å²) in [7, 11) is -3.43. The first-order valence-corrected chi connectivity index (χ1v) is 9.06. The molecule has 0 bridgehead atoms. The Morgan fingerprint density at radius 2 is 2.21 bits per heavy atom. The van der Waals surface area contributed by atoms with Gasteiger partial charge < -0.3 is 0 Å². The van der Waals surface area contributed by atoms with Crippen LogP contribution in [0.1, 0.15) is 25.3 Å². The van der Waals surface area contributed by atoms with Crippen LogP contribution in [-0.4, -0.2) is 25.8 Å². The van der Waals surface area contributed by atoms with Crippen LogP contribution in [0, 0.1) is 5.92 Å². The van der Waals surface area contributed by atoms with Gasteiger partial charge in [-0.05, 0) is 52.4 Å². The summed E-state index contributed by atoms with van der Waals surface area (Å²) < 4.78 is 27.5. The van der Waals surface area contributed by atoms with Crippen LogP contribution in [0.3, 0.4) is 0 Å². The average Bonchev–Trinajstić information content (AvgIpc) is 2.39. The number of alkyl halides is 1. The van der Waals surface area contributed by atoms with Crippen LogP contribution in [0.4, 0.5) is 0 Å². The van der Waals surface area contributed by atoms with E-state index in [9.17, 15) is 8.42 Å². The SMILES string of the molecule is CC1CCCN(S(=O)(=O)c2cc(CCl)ccc2Br)C1. The van der Waals surface area contributed by atoms with Crippen LogP contribution in [0.25, 0.3) is 0 Å². The first kappa shape index (κ1) is 15.3. The molecule has 0 spiro atoms. The van der Waals surface area contributed by atoms with Crippen LogP contribution in [0.5, 0.6) is 0 Å². The Hall–Kier alpha value is -0.100. The predicted molar refractivity (Wildman–Crippen MR) is 80.9 cm³/mol. The number of halogens is 2. The summed E-state index contributed by atoms with van der Waals surface area (Å²) in [6.45, 7) is 3.29. The second kappa shape index (κ2) is 6.12. The molecule has 1 fully saturated rings. The first-order chi connectivity index (χ1) is 8.95.